The van der Waals surface area contributed by atoms with Crippen LogP contribution in [0.1, 0.15) is 60.0 Å². The first-order chi connectivity index (χ1) is 17.3. The van der Waals surface area contributed by atoms with E-state index in [-0.39, 0.29) is 21.6 Å². The van der Waals surface area contributed by atoms with Gasteiger partial charge in [0.25, 0.3) is 5.91 Å². The molecule has 0 spiro atoms. The van der Waals surface area contributed by atoms with Crippen LogP contribution in [0.3, 0.4) is 0 Å². The highest BCUT2D eigenvalue weighted by molar-refractivity contribution is 7.89. The molecular formula is C29H36N2O4S. The number of carbonyl (C=O) groups is 1. The van der Waals surface area contributed by atoms with Crippen LogP contribution in [-0.4, -0.2) is 51.5 Å². The molecule has 6 nitrogen and oxygen atoms in total. The molecule has 1 saturated heterocycles. The average molecular weight is 509 g/mol. The maximum Gasteiger partial charge on any atom is 0.251 e. The zero-order chi connectivity index (χ0) is 25.0. The summed E-state index contributed by atoms with van der Waals surface area (Å²) in [6, 6.07) is 15.5. The van der Waals surface area contributed by atoms with Crippen molar-refractivity contribution < 1.29 is 17.9 Å². The molecule has 1 amide bonds. The second kappa shape index (κ2) is 8.96. The minimum atomic E-state index is -3.56. The van der Waals surface area contributed by atoms with E-state index in [0.29, 0.717) is 38.4 Å². The van der Waals surface area contributed by atoms with E-state index in [1.54, 1.807) is 24.3 Å². The fourth-order valence-electron chi connectivity index (χ4n) is 7.99. The zero-order valence-electron chi connectivity index (χ0n) is 21.0. The van der Waals surface area contributed by atoms with Gasteiger partial charge in [0.05, 0.1) is 18.1 Å². The summed E-state index contributed by atoms with van der Waals surface area (Å²) in [5.74, 6) is 1.37. The Balaban J connectivity index is 1.15. The predicted molar refractivity (Wildman–Crippen MR) is 138 cm³/mol. The van der Waals surface area contributed by atoms with E-state index in [2.05, 4.69) is 36.5 Å². The third-order valence-electron chi connectivity index (χ3n) is 9.19. The highest BCUT2D eigenvalue weighted by Crippen LogP contribution is 2.65. The van der Waals surface area contributed by atoms with Gasteiger partial charge in [-0.05, 0) is 97.9 Å². The van der Waals surface area contributed by atoms with E-state index in [1.807, 2.05) is 0 Å². The number of rotatable bonds is 6. The van der Waals surface area contributed by atoms with Gasteiger partial charge in [-0.2, -0.15) is 4.31 Å². The van der Waals surface area contributed by atoms with Crippen LogP contribution in [0.15, 0.2) is 53.4 Å². The number of sulfonamides is 1. The number of aryl methyl sites for hydroxylation is 1. The lowest BCUT2D eigenvalue weighted by Crippen LogP contribution is -2.57. The van der Waals surface area contributed by atoms with Gasteiger partial charge in [0.2, 0.25) is 10.0 Å². The van der Waals surface area contributed by atoms with Crippen LogP contribution in [-0.2, 0) is 20.2 Å². The van der Waals surface area contributed by atoms with Crippen molar-refractivity contribution in [2.45, 2.75) is 55.8 Å². The number of hydrogen-bond donors (Lipinski definition) is 1. The summed E-state index contributed by atoms with van der Waals surface area (Å²) in [6.45, 7) is 4.38. The third-order valence-corrected chi connectivity index (χ3v) is 11.1. The molecule has 1 heterocycles. The average Bonchev–Trinajstić information content (AvgIpc) is 2.87. The van der Waals surface area contributed by atoms with Crippen LogP contribution in [0.5, 0.6) is 0 Å². The normalized spacial score (nSPS) is 31.9. The molecule has 192 valence electrons. The molecule has 1 aliphatic heterocycles. The summed E-state index contributed by atoms with van der Waals surface area (Å²) < 4.78 is 32.5. The fraction of sp³-hybridized carbons (Fsp3) is 0.552. The monoisotopic (exact) mass is 508 g/mol. The molecule has 0 aromatic heterocycles. The molecule has 4 aliphatic carbocycles. The molecule has 4 saturated carbocycles. The number of carbonyl (C=O) groups excluding carboxylic acids is 1. The Morgan fingerprint density at radius 3 is 2.25 bits per heavy atom. The smallest absolute Gasteiger partial charge is 0.251 e. The van der Waals surface area contributed by atoms with Crippen LogP contribution in [0, 0.1) is 24.2 Å². The first kappa shape index (κ1) is 24.1. The number of hydrogen-bond acceptors (Lipinski definition) is 4. The second-order valence-electron chi connectivity index (χ2n) is 11.8. The van der Waals surface area contributed by atoms with Crippen molar-refractivity contribution in [3.63, 3.8) is 0 Å². The van der Waals surface area contributed by atoms with E-state index < -0.39 is 10.0 Å². The summed E-state index contributed by atoms with van der Waals surface area (Å²) in [5.41, 5.74) is 3.69. The summed E-state index contributed by atoms with van der Waals surface area (Å²) >= 11 is 0. The Kier molecular flexibility index (Phi) is 6.01. The fourth-order valence-corrected chi connectivity index (χ4v) is 9.40. The first-order valence-electron chi connectivity index (χ1n) is 13.3. The number of amides is 1. The van der Waals surface area contributed by atoms with Gasteiger partial charge in [0.1, 0.15) is 0 Å². The summed E-state index contributed by atoms with van der Waals surface area (Å²) in [4.78, 5) is 13.3. The Labute approximate surface area is 214 Å². The number of nitrogens with zero attached hydrogens (tertiary/aromatic N) is 1. The summed E-state index contributed by atoms with van der Waals surface area (Å²) in [6.07, 6.45) is 7.44. The van der Waals surface area contributed by atoms with Crippen molar-refractivity contribution >= 4 is 15.9 Å². The number of benzene rings is 2. The minimum Gasteiger partial charge on any atom is -0.379 e. The van der Waals surface area contributed by atoms with Gasteiger partial charge >= 0.3 is 0 Å². The van der Waals surface area contributed by atoms with Crippen molar-refractivity contribution in [3.8, 4) is 0 Å². The highest BCUT2D eigenvalue weighted by atomic mass is 32.2. The van der Waals surface area contributed by atoms with Crippen LogP contribution < -0.4 is 5.32 Å². The van der Waals surface area contributed by atoms with Gasteiger partial charge < -0.3 is 10.1 Å². The Morgan fingerprint density at radius 1 is 0.972 bits per heavy atom. The van der Waals surface area contributed by atoms with Gasteiger partial charge in [-0.3, -0.25) is 4.79 Å². The molecule has 5 fully saturated rings. The van der Waals surface area contributed by atoms with Crippen LogP contribution >= 0.6 is 0 Å². The van der Waals surface area contributed by atoms with Crippen LogP contribution in [0.2, 0.25) is 0 Å². The number of ether oxygens (including phenoxy) is 1. The molecule has 36 heavy (non-hydrogen) atoms. The lowest BCUT2D eigenvalue weighted by atomic mass is 9.43. The third kappa shape index (κ3) is 4.29. The lowest BCUT2D eigenvalue weighted by Gasteiger charge is -2.62. The quantitative estimate of drug-likeness (QED) is 0.632. The molecule has 5 aliphatic rings. The van der Waals surface area contributed by atoms with Gasteiger partial charge in [-0.25, -0.2) is 8.42 Å². The van der Waals surface area contributed by atoms with Crippen molar-refractivity contribution in [1.82, 2.24) is 9.62 Å². The standard InChI is InChI=1S/C29H36N2O4S/c1-21-2-6-25(7-3-21)29-17-22-14-23(18-29)16-28(15-22,19-29)20-30-27(32)24-4-8-26(9-5-24)36(33,34)31-10-12-35-13-11-31/h2-9,22-23H,10-20H2,1H3,(H,30,32)/t22-,23-,28?,29?/m0/s1. The first-order valence-corrected chi connectivity index (χ1v) is 14.7. The topological polar surface area (TPSA) is 75.7 Å². The molecule has 1 N–H and O–H groups in total. The number of morpholine rings is 1. The number of nitrogens with one attached hydrogen (secondary N) is 1. The van der Waals surface area contributed by atoms with Crippen molar-refractivity contribution in [3.05, 3.63) is 65.2 Å². The molecule has 2 aromatic rings. The van der Waals surface area contributed by atoms with Crippen molar-refractivity contribution in [2.75, 3.05) is 32.8 Å². The Bertz CT molecular complexity index is 1220. The Hall–Kier alpha value is -2.22. The highest BCUT2D eigenvalue weighted by Gasteiger charge is 2.58. The zero-order valence-corrected chi connectivity index (χ0v) is 21.9. The summed E-state index contributed by atoms with van der Waals surface area (Å²) in [5, 5.41) is 3.24. The van der Waals surface area contributed by atoms with Gasteiger partial charge in [0.15, 0.2) is 0 Å². The minimum absolute atomic E-state index is 0.120. The SMILES string of the molecule is Cc1ccc(C23C[C@H]4C[C@@H](CC(CNC(=O)c5ccc(S(=O)(=O)N6CCOCC6)cc5)(C4)C2)C3)cc1. The van der Waals surface area contributed by atoms with E-state index in [1.165, 1.54) is 47.5 Å². The largest absolute Gasteiger partial charge is 0.379 e. The van der Waals surface area contributed by atoms with Crippen LogP contribution in [0.25, 0.3) is 0 Å². The predicted octanol–water partition coefficient (Wildman–Crippen LogP) is 4.28. The molecule has 2 aromatic carbocycles. The van der Waals surface area contributed by atoms with Gasteiger partial charge in [-0.15, -0.1) is 0 Å². The molecule has 7 heteroatoms. The van der Waals surface area contributed by atoms with Crippen LogP contribution in [0.4, 0.5) is 0 Å². The van der Waals surface area contributed by atoms with E-state index >= 15 is 0 Å². The van der Waals surface area contributed by atoms with Crippen molar-refractivity contribution in [1.29, 1.82) is 0 Å². The Morgan fingerprint density at radius 2 is 1.61 bits per heavy atom. The summed E-state index contributed by atoms with van der Waals surface area (Å²) in [7, 11) is -3.56. The maximum absolute atomic E-state index is 13.1. The molecule has 0 radical (unpaired) electrons. The van der Waals surface area contributed by atoms with Gasteiger partial charge in [-0.1, -0.05) is 29.8 Å². The second-order valence-corrected chi connectivity index (χ2v) is 13.8. The molecule has 0 unspecified atom stereocenters. The van der Waals surface area contributed by atoms with E-state index in [4.69, 9.17) is 4.74 Å². The lowest BCUT2D eigenvalue weighted by molar-refractivity contribution is -0.0697. The molecular weight excluding hydrogens is 472 g/mol. The molecule has 2 atom stereocenters. The van der Waals surface area contributed by atoms with E-state index in [0.717, 1.165) is 18.3 Å². The molecule has 4 bridgehead atoms. The maximum atomic E-state index is 13.1. The van der Waals surface area contributed by atoms with Gasteiger partial charge in [0, 0.05) is 25.2 Å². The molecule has 7 rings (SSSR count). The van der Waals surface area contributed by atoms with E-state index in [9.17, 15) is 13.2 Å². The van der Waals surface area contributed by atoms with Crippen molar-refractivity contribution in [2.24, 2.45) is 17.3 Å².